The molecule has 0 bridgehead atoms. The van der Waals surface area contributed by atoms with Gasteiger partial charge in [0.15, 0.2) is 0 Å². The van der Waals surface area contributed by atoms with E-state index >= 15 is 0 Å². The molecule has 2 N–H and O–H groups in total. The summed E-state index contributed by atoms with van der Waals surface area (Å²) in [4.78, 5) is 21.9. The average Bonchev–Trinajstić information content (AvgIpc) is 2.53. The summed E-state index contributed by atoms with van der Waals surface area (Å²) in [6.07, 6.45) is 0. The van der Waals surface area contributed by atoms with Crippen molar-refractivity contribution in [1.29, 1.82) is 0 Å². The van der Waals surface area contributed by atoms with Crippen molar-refractivity contribution in [2.75, 3.05) is 3.11 Å². The lowest BCUT2D eigenvalue weighted by atomic mass is 10.1. The van der Waals surface area contributed by atoms with Crippen molar-refractivity contribution >= 4 is 45.8 Å². The molecule has 0 spiro atoms. The molecular weight excluding hydrogens is 408 g/mol. The molecule has 0 saturated carbocycles. The Morgan fingerprint density at radius 1 is 1.27 bits per heavy atom. The summed E-state index contributed by atoms with van der Waals surface area (Å²) >= 11 is 1.72. The van der Waals surface area contributed by atoms with E-state index in [0.717, 1.165) is 12.1 Å². The second-order valence-electron chi connectivity index (χ2n) is 4.13. The number of rotatable bonds is 4. The molecule has 0 atom stereocenters. The molecule has 0 aliphatic heterocycles. The van der Waals surface area contributed by atoms with Gasteiger partial charge in [-0.05, 0) is 18.2 Å². The number of non-ortho nitro benzene ring substituents is 1. The fourth-order valence-corrected chi connectivity index (χ4v) is 2.58. The number of para-hydroxylation sites is 1. The number of halogens is 2. The minimum absolute atomic E-state index is 0.0363. The Morgan fingerprint density at radius 2 is 1.95 bits per heavy atom. The van der Waals surface area contributed by atoms with Gasteiger partial charge in [0.1, 0.15) is 5.82 Å². The first-order valence-electron chi connectivity index (χ1n) is 5.89. The Hall–Kier alpha value is -2.27. The summed E-state index contributed by atoms with van der Waals surface area (Å²) in [7, 11) is 0. The van der Waals surface area contributed by atoms with Gasteiger partial charge in [0.2, 0.25) is 0 Å². The van der Waals surface area contributed by atoms with E-state index in [2.05, 4.69) is 0 Å². The molecule has 0 heterocycles. The van der Waals surface area contributed by atoms with Crippen LogP contribution in [0.25, 0.3) is 0 Å². The van der Waals surface area contributed by atoms with Gasteiger partial charge in [0, 0.05) is 12.1 Å². The molecule has 0 aliphatic rings. The molecule has 0 saturated heterocycles. The van der Waals surface area contributed by atoms with Crippen LogP contribution in [-0.2, 0) is 0 Å². The number of carbonyl (C=O) groups is 1. The van der Waals surface area contributed by atoms with E-state index < -0.39 is 16.6 Å². The van der Waals surface area contributed by atoms with Crippen LogP contribution in [0.1, 0.15) is 10.4 Å². The molecule has 9 heteroatoms. The van der Waals surface area contributed by atoms with Gasteiger partial charge >= 0.3 is 0 Å². The Bertz CT molecular complexity index is 741. The van der Waals surface area contributed by atoms with Crippen LogP contribution < -0.4 is 8.59 Å². The summed E-state index contributed by atoms with van der Waals surface area (Å²) in [5, 5.41) is 19.7. The molecule has 7 nitrogen and oxygen atoms in total. The number of anilines is 2. The number of carbonyl (C=O) groups excluding carboxylic acids is 1. The predicted octanol–water partition coefficient (Wildman–Crippen LogP) is 3.34. The summed E-state index contributed by atoms with van der Waals surface area (Å²) in [6, 6.07) is 9.21. The van der Waals surface area contributed by atoms with Crippen LogP contribution in [0.2, 0.25) is 0 Å². The number of hydrogen-bond donors (Lipinski definition) is 2. The third-order valence-corrected chi connectivity index (χ3v) is 3.85. The van der Waals surface area contributed by atoms with Gasteiger partial charge < -0.3 is 0 Å². The number of nitro groups is 1. The third-order valence-electron chi connectivity index (χ3n) is 2.81. The van der Waals surface area contributed by atoms with Gasteiger partial charge in [0.05, 0.1) is 44.7 Å². The summed E-state index contributed by atoms with van der Waals surface area (Å²) in [5.41, 5.74) is 1.36. The molecule has 114 valence electrons. The summed E-state index contributed by atoms with van der Waals surface area (Å²) in [6.45, 7) is 0. The number of nitro benzene ring substituents is 1. The van der Waals surface area contributed by atoms with Crippen LogP contribution in [0.5, 0.6) is 0 Å². The number of nitrogens with zero attached hydrogens (tertiary/aromatic N) is 2. The van der Waals surface area contributed by atoms with Crippen molar-refractivity contribution in [2.24, 2.45) is 0 Å². The fourth-order valence-electron chi connectivity index (χ4n) is 1.79. The minimum Gasteiger partial charge on any atom is -0.288 e. The second-order valence-corrected chi connectivity index (χ2v) is 5.10. The number of nitrogens with one attached hydrogen (secondary N) is 1. The number of hydroxylamine groups is 1. The lowest BCUT2D eigenvalue weighted by Crippen LogP contribution is -2.21. The molecule has 0 aliphatic carbocycles. The standard InChI is InChI=1S/C13H9FIN3O4/c14-10-3-1-2-4-11(10)17(15)12-7-8(18(21)22)5-6-9(12)13(19)16-20/h1-7,20H,(H,16,19). The zero-order chi connectivity index (χ0) is 16.3. The molecule has 0 unspecified atom stereocenters. The highest BCUT2D eigenvalue weighted by Gasteiger charge is 2.21. The first-order chi connectivity index (χ1) is 10.5. The van der Waals surface area contributed by atoms with Gasteiger partial charge in [0.25, 0.3) is 11.6 Å². The Labute approximate surface area is 138 Å². The van der Waals surface area contributed by atoms with Crippen LogP contribution in [-0.4, -0.2) is 16.0 Å². The number of hydrogen-bond acceptors (Lipinski definition) is 5. The maximum Gasteiger partial charge on any atom is 0.276 e. The van der Waals surface area contributed by atoms with E-state index in [0.29, 0.717) is 0 Å². The van der Waals surface area contributed by atoms with E-state index in [1.54, 1.807) is 28.9 Å². The highest BCUT2D eigenvalue weighted by Crippen LogP contribution is 2.36. The average molecular weight is 417 g/mol. The normalized spacial score (nSPS) is 10.1. The Morgan fingerprint density at radius 3 is 2.55 bits per heavy atom. The van der Waals surface area contributed by atoms with Crippen LogP contribution in [0.15, 0.2) is 42.5 Å². The molecule has 1 amide bonds. The first-order valence-corrected chi connectivity index (χ1v) is 6.85. The third kappa shape index (κ3) is 3.14. The van der Waals surface area contributed by atoms with E-state index in [1.807, 2.05) is 0 Å². The molecule has 0 fully saturated rings. The smallest absolute Gasteiger partial charge is 0.276 e. The van der Waals surface area contributed by atoms with Crippen molar-refractivity contribution in [3.63, 3.8) is 0 Å². The molecule has 2 aromatic carbocycles. The Balaban J connectivity index is 2.60. The quantitative estimate of drug-likeness (QED) is 0.262. The van der Waals surface area contributed by atoms with E-state index in [1.165, 1.54) is 32.9 Å². The van der Waals surface area contributed by atoms with Gasteiger partial charge in [-0.2, -0.15) is 0 Å². The van der Waals surface area contributed by atoms with Gasteiger partial charge in [-0.1, -0.05) is 12.1 Å². The van der Waals surface area contributed by atoms with Crippen molar-refractivity contribution < 1.29 is 19.3 Å². The topological polar surface area (TPSA) is 95.7 Å². The summed E-state index contributed by atoms with van der Waals surface area (Å²) < 4.78 is 15.1. The lowest BCUT2D eigenvalue weighted by Gasteiger charge is -2.19. The predicted molar refractivity (Wildman–Crippen MR) is 84.9 cm³/mol. The molecule has 2 rings (SSSR count). The number of benzene rings is 2. The highest BCUT2D eigenvalue weighted by molar-refractivity contribution is 14.1. The maximum atomic E-state index is 13.9. The van der Waals surface area contributed by atoms with Crippen LogP contribution in [0.4, 0.5) is 21.5 Å². The molecular formula is C13H9FIN3O4. The van der Waals surface area contributed by atoms with Crippen LogP contribution in [0.3, 0.4) is 0 Å². The van der Waals surface area contributed by atoms with E-state index in [9.17, 15) is 19.3 Å². The molecule has 0 radical (unpaired) electrons. The molecule has 2 aromatic rings. The SMILES string of the molecule is O=C(NO)c1ccc([N+](=O)[O-])cc1N(I)c1ccccc1F. The zero-order valence-corrected chi connectivity index (χ0v) is 13.0. The first kappa shape index (κ1) is 16.1. The van der Waals surface area contributed by atoms with Gasteiger partial charge in [-0.15, -0.1) is 0 Å². The van der Waals surface area contributed by atoms with Crippen molar-refractivity contribution in [1.82, 2.24) is 5.48 Å². The van der Waals surface area contributed by atoms with Crippen LogP contribution in [0, 0.1) is 15.9 Å². The van der Waals surface area contributed by atoms with Crippen molar-refractivity contribution in [2.45, 2.75) is 0 Å². The van der Waals surface area contributed by atoms with Crippen LogP contribution >= 0.6 is 22.9 Å². The monoisotopic (exact) mass is 417 g/mol. The second kappa shape index (κ2) is 6.66. The zero-order valence-electron chi connectivity index (χ0n) is 10.9. The van der Waals surface area contributed by atoms with E-state index in [4.69, 9.17) is 5.21 Å². The van der Waals surface area contributed by atoms with Gasteiger partial charge in [-0.3, -0.25) is 23.2 Å². The molecule has 22 heavy (non-hydrogen) atoms. The summed E-state index contributed by atoms with van der Waals surface area (Å²) in [5.74, 6) is -1.42. The van der Waals surface area contributed by atoms with E-state index in [-0.39, 0.29) is 22.6 Å². The van der Waals surface area contributed by atoms with Gasteiger partial charge in [-0.25, -0.2) is 9.87 Å². The Kier molecular flexibility index (Phi) is 4.88. The molecule has 0 aromatic heterocycles. The number of amides is 1. The lowest BCUT2D eigenvalue weighted by molar-refractivity contribution is -0.384. The fraction of sp³-hybridized carbons (Fsp3) is 0. The highest BCUT2D eigenvalue weighted by atomic mass is 127. The minimum atomic E-state index is -0.858. The van der Waals surface area contributed by atoms with Crippen molar-refractivity contribution in [3.8, 4) is 0 Å². The van der Waals surface area contributed by atoms with Crippen molar-refractivity contribution in [3.05, 3.63) is 64.0 Å². The maximum absolute atomic E-state index is 13.9. The largest absolute Gasteiger partial charge is 0.288 e.